The molecule has 2 N–H and O–H groups in total. The minimum atomic E-state index is -0.684. The van der Waals surface area contributed by atoms with E-state index in [2.05, 4.69) is 12.2 Å². The molecule has 3 unspecified atom stereocenters. The second-order valence-corrected chi connectivity index (χ2v) is 5.24. The van der Waals surface area contributed by atoms with Gasteiger partial charge in [0.15, 0.2) is 0 Å². The summed E-state index contributed by atoms with van der Waals surface area (Å²) in [5, 5.41) is 13.6. The number of hydrogen-bond acceptors (Lipinski definition) is 4. The van der Waals surface area contributed by atoms with Crippen molar-refractivity contribution in [3.63, 3.8) is 0 Å². The Labute approximate surface area is 105 Å². The summed E-state index contributed by atoms with van der Waals surface area (Å²) >= 11 is 0. The van der Waals surface area contributed by atoms with Gasteiger partial charge in [-0.1, -0.05) is 6.92 Å². The van der Waals surface area contributed by atoms with Gasteiger partial charge < -0.3 is 19.9 Å². The van der Waals surface area contributed by atoms with Gasteiger partial charge in [0.25, 0.3) is 0 Å². The maximum atomic E-state index is 10.1. The van der Waals surface area contributed by atoms with Crippen LogP contribution in [0.5, 0.6) is 0 Å². The summed E-state index contributed by atoms with van der Waals surface area (Å²) in [5.41, 5.74) is -0.684. The lowest BCUT2D eigenvalue weighted by Gasteiger charge is -2.32. The quantitative estimate of drug-likeness (QED) is 0.710. The number of rotatable bonds is 7. The third-order valence-corrected chi connectivity index (χ3v) is 3.44. The van der Waals surface area contributed by atoms with Gasteiger partial charge in [-0.15, -0.1) is 0 Å². The zero-order valence-electron chi connectivity index (χ0n) is 11.4. The van der Waals surface area contributed by atoms with Crippen molar-refractivity contribution in [2.45, 2.75) is 57.3 Å². The van der Waals surface area contributed by atoms with Gasteiger partial charge in [0.1, 0.15) is 0 Å². The molecule has 0 aliphatic carbocycles. The van der Waals surface area contributed by atoms with Crippen LogP contribution in [0.15, 0.2) is 0 Å². The first-order valence-electron chi connectivity index (χ1n) is 6.63. The normalized spacial score (nSPS) is 28.9. The molecule has 4 nitrogen and oxygen atoms in total. The molecular weight excluding hydrogens is 218 g/mol. The highest BCUT2D eigenvalue weighted by molar-refractivity contribution is 4.81. The molecule has 1 heterocycles. The van der Waals surface area contributed by atoms with E-state index in [-0.39, 0.29) is 0 Å². The zero-order chi connectivity index (χ0) is 12.7. The van der Waals surface area contributed by atoms with Crippen molar-refractivity contribution < 1.29 is 14.6 Å². The summed E-state index contributed by atoms with van der Waals surface area (Å²) in [4.78, 5) is 0. The summed E-state index contributed by atoms with van der Waals surface area (Å²) in [6.45, 7) is 6.06. The minimum Gasteiger partial charge on any atom is -0.389 e. The number of aliphatic hydroxyl groups is 1. The summed E-state index contributed by atoms with van der Waals surface area (Å²) in [7, 11) is 1.66. The number of hydrogen-bond donors (Lipinski definition) is 2. The first-order chi connectivity index (χ1) is 8.07. The van der Waals surface area contributed by atoms with Gasteiger partial charge in [-0.2, -0.15) is 0 Å². The van der Waals surface area contributed by atoms with Crippen LogP contribution in [0.4, 0.5) is 0 Å². The van der Waals surface area contributed by atoms with Gasteiger partial charge in [0.05, 0.1) is 11.7 Å². The number of methoxy groups -OCH3 is 1. The molecule has 17 heavy (non-hydrogen) atoms. The Bertz CT molecular complexity index is 209. The maximum Gasteiger partial charge on any atom is 0.0765 e. The molecule has 1 rings (SSSR count). The van der Waals surface area contributed by atoms with Crippen LogP contribution in [0, 0.1) is 0 Å². The Hall–Kier alpha value is -0.160. The molecule has 0 aromatic carbocycles. The van der Waals surface area contributed by atoms with E-state index in [0.29, 0.717) is 31.7 Å². The Morgan fingerprint density at radius 1 is 1.53 bits per heavy atom. The number of ether oxygens (including phenoxy) is 2. The van der Waals surface area contributed by atoms with E-state index in [1.165, 1.54) is 0 Å². The van der Waals surface area contributed by atoms with Gasteiger partial charge in [-0.3, -0.25) is 0 Å². The van der Waals surface area contributed by atoms with Crippen molar-refractivity contribution in [1.29, 1.82) is 0 Å². The van der Waals surface area contributed by atoms with E-state index < -0.39 is 5.60 Å². The third-order valence-electron chi connectivity index (χ3n) is 3.44. The molecule has 1 aliphatic heterocycles. The fourth-order valence-electron chi connectivity index (χ4n) is 2.12. The van der Waals surface area contributed by atoms with E-state index in [1.807, 2.05) is 6.92 Å². The van der Waals surface area contributed by atoms with Crippen LogP contribution >= 0.6 is 0 Å². The molecular formula is C13H27NO3. The van der Waals surface area contributed by atoms with Crippen molar-refractivity contribution in [2.24, 2.45) is 0 Å². The molecule has 3 atom stereocenters. The van der Waals surface area contributed by atoms with Crippen LogP contribution < -0.4 is 5.32 Å². The van der Waals surface area contributed by atoms with Crippen LogP contribution in [0.3, 0.4) is 0 Å². The Kier molecular flexibility index (Phi) is 6.41. The standard InChI is InChI=1S/C13H27NO3/c1-4-12-9-11(5-7-17-12)14-10-13(2,15)6-8-16-3/h11-12,14-15H,4-10H2,1-3H3. The number of nitrogens with one attached hydrogen (secondary N) is 1. The van der Waals surface area contributed by atoms with Gasteiger partial charge in [0, 0.05) is 39.3 Å². The minimum absolute atomic E-state index is 0.380. The summed E-state index contributed by atoms with van der Waals surface area (Å²) < 4.78 is 10.6. The van der Waals surface area contributed by atoms with E-state index in [4.69, 9.17) is 9.47 Å². The fraction of sp³-hybridized carbons (Fsp3) is 1.00. The molecule has 1 fully saturated rings. The van der Waals surface area contributed by atoms with Gasteiger partial charge in [-0.25, -0.2) is 0 Å². The molecule has 1 aliphatic rings. The lowest BCUT2D eigenvalue weighted by molar-refractivity contribution is -0.0122. The van der Waals surface area contributed by atoms with Crippen LogP contribution in [0.1, 0.15) is 39.5 Å². The van der Waals surface area contributed by atoms with Crippen molar-refractivity contribution in [3.05, 3.63) is 0 Å². The first-order valence-corrected chi connectivity index (χ1v) is 6.63. The van der Waals surface area contributed by atoms with Crippen molar-refractivity contribution in [2.75, 3.05) is 26.9 Å². The lowest BCUT2D eigenvalue weighted by Crippen LogP contribution is -2.46. The van der Waals surface area contributed by atoms with Crippen LogP contribution in [-0.2, 0) is 9.47 Å². The van der Waals surface area contributed by atoms with Crippen LogP contribution in [-0.4, -0.2) is 49.7 Å². The van der Waals surface area contributed by atoms with Crippen molar-refractivity contribution in [3.8, 4) is 0 Å². The Morgan fingerprint density at radius 2 is 2.29 bits per heavy atom. The van der Waals surface area contributed by atoms with Crippen molar-refractivity contribution >= 4 is 0 Å². The molecule has 0 saturated carbocycles. The van der Waals surface area contributed by atoms with Gasteiger partial charge in [-0.05, 0) is 26.2 Å². The Balaban J connectivity index is 2.24. The molecule has 0 radical (unpaired) electrons. The Morgan fingerprint density at radius 3 is 2.94 bits per heavy atom. The molecule has 0 spiro atoms. The highest BCUT2D eigenvalue weighted by atomic mass is 16.5. The summed E-state index contributed by atoms with van der Waals surface area (Å²) in [6, 6.07) is 0.475. The van der Waals surface area contributed by atoms with Gasteiger partial charge in [0.2, 0.25) is 0 Å². The van der Waals surface area contributed by atoms with Gasteiger partial charge >= 0.3 is 0 Å². The maximum absolute atomic E-state index is 10.1. The third kappa shape index (κ3) is 5.82. The van der Waals surface area contributed by atoms with Crippen LogP contribution in [0.2, 0.25) is 0 Å². The molecule has 0 aromatic heterocycles. The summed E-state index contributed by atoms with van der Waals surface area (Å²) in [6.07, 6.45) is 4.20. The molecule has 0 amide bonds. The highest BCUT2D eigenvalue weighted by Crippen LogP contribution is 2.17. The first kappa shape index (κ1) is 14.9. The molecule has 0 bridgehead atoms. The smallest absolute Gasteiger partial charge is 0.0765 e. The van der Waals surface area contributed by atoms with E-state index in [9.17, 15) is 5.11 Å². The second kappa shape index (κ2) is 7.31. The molecule has 102 valence electrons. The van der Waals surface area contributed by atoms with Crippen LogP contribution in [0.25, 0.3) is 0 Å². The zero-order valence-corrected chi connectivity index (χ0v) is 11.4. The highest BCUT2D eigenvalue weighted by Gasteiger charge is 2.25. The van der Waals surface area contributed by atoms with E-state index >= 15 is 0 Å². The topological polar surface area (TPSA) is 50.7 Å². The molecule has 1 saturated heterocycles. The second-order valence-electron chi connectivity index (χ2n) is 5.24. The predicted octanol–water partition coefficient (Wildman–Crippen LogP) is 1.32. The average Bonchev–Trinajstić information content (AvgIpc) is 2.34. The van der Waals surface area contributed by atoms with Crippen molar-refractivity contribution in [1.82, 2.24) is 5.32 Å². The summed E-state index contributed by atoms with van der Waals surface area (Å²) in [5.74, 6) is 0. The van der Waals surface area contributed by atoms with E-state index in [1.54, 1.807) is 7.11 Å². The predicted molar refractivity (Wildman–Crippen MR) is 68.2 cm³/mol. The SMILES string of the molecule is CCC1CC(NCC(C)(O)CCOC)CCO1. The molecule has 0 aromatic rings. The van der Waals surface area contributed by atoms with E-state index in [0.717, 1.165) is 25.9 Å². The fourth-order valence-corrected chi connectivity index (χ4v) is 2.12. The largest absolute Gasteiger partial charge is 0.389 e. The lowest BCUT2D eigenvalue weighted by atomic mass is 9.98. The average molecular weight is 245 g/mol. The monoisotopic (exact) mass is 245 g/mol. The molecule has 4 heteroatoms.